The minimum absolute atomic E-state index is 0.122. The van der Waals surface area contributed by atoms with Crippen molar-refractivity contribution in [2.45, 2.75) is 38.1 Å². The second-order valence-electron chi connectivity index (χ2n) is 5.71. The number of hydrogen-bond acceptors (Lipinski definition) is 3. The summed E-state index contributed by atoms with van der Waals surface area (Å²) in [5.41, 5.74) is 2.52. The average Bonchev–Trinajstić information content (AvgIpc) is 2.52. The van der Waals surface area contributed by atoms with Gasteiger partial charge in [0.15, 0.2) is 0 Å². The molecule has 0 spiro atoms. The predicted molar refractivity (Wildman–Crippen MR) is 87.0 cm³/mol. The number of aliphatic hydroxyl groups excluding tert-OH is 1. The van der Waals surface area contributed by atoms with E-state index in [9.17, 15) is 5.11 Å². The van der Waals surface area contributed by atoms with E-state index in [1.54, 1.807) is 7.11 Å². The van der Waals surface area contributed by atoms with Crippen LogP contribution in [-0.2, 0) is 6.42 Å². The van der Waals surface area contributed by atoms with Crippen molar-refractivity contribution in [2.75, 3.05) is 26.8 Å². The molecule has 0 saturated carbocycles. The van der Waals surface area contributed by atoms with E-state index in [4.69, 9.17) is 4.74 Å². The van der Waals surface area contributed by atoms with Crippen molar-refractivity contribution in [3.05, 3.63) is 42.0 Å². The summed E-state index contributed by atoms with van der Waals surface area (Å²) in [6.07, 6.45) is 5.20. The van der Waals surface area contributed by atoms with Gasteiger partial charge in [0.05, 0.1) is 13.7 Å². The highest BCUT2D eigenvalue weighted by Gasteiger charge is 2.34. The van der Waals surface area contributed by atoms with Crippen LogP contribution in [0.5, 0.6) is 5.75 Å². The number of methoxy groups -OCH3 is 1. The van der Waals surface area contributed by atoms with Crippen molar-refractivity contribution in [1.82, 2.24) is 4.90 Å². The van der Waals surface area contributed by atoms with Gasteiger partial charge in [-0.15, -0.1) is 6.58 Å². The Labute approximate surface area is 128 Å². The first-order valence-corrected chi connectivity index (χ1v) is 7.88. The van der Waals surface area contributed by atoms with Gasteiger partial charge in [-0.1, -0.05) is 25.1 Å². The van der Waals surface area contributed by atoms with E-state index in [1.807, 2.05) is 18.2 Å². The van der Waals surface area contributed by atoms with Crippen molar-refractivity contribution in [3.63, 3.8) is 0 Å². The van der Waals surface area contributed by atoms with Gasteiger partial charge in [-0.25, -0.2) is 0 Å². The Morgan fingerprint density at radius 3 is 2.90 bits per heavy atom. The smallest absolute Gasteiger partial charge is 0.122 e. The average molecular weight is 289 g/mol. The van der Waals surface area contributed by atoms with Crippen molar-refractivity contribution in [1.29, 1.82) is 0 Å². The minimum atomic E-state index is 0.122. The number of hydrogen-bond donors (Lipinski definition) is 1. The zero-order chi connectivity index (χ0) is 15.2. The van der Waals surface area contributed by atoms with Gasteiger partial charge in [-0.2, -0.15) is 0 Å². The molecule has 1 aromatic carbocycles. The molecule has 1 aromatic rings. The summed E-state index contributed by atoms with van der Waals surface area (Å²) in [5, 5.41) is 10.0. The van der Waals surface area contributed by atoms with Crippen molar-refractivity contribution >= 4 is 0 Å². The number of aliphatic hydroxyl groups is 1. The summed E-state index contributed by atoms with van der Waals surface area (Å²) in [4.78, 5) is 2.45. The summed E-state index contributed by atoms with van der Waals surface area (Å²) in [5.74, 6) is 1.03. The van der Waals surface area contributed by atoms with Crippen LogP contribution in [0.25, 0.3) is 0 Å². The van der Waals surface area contributed by atoms with Crippen LogP contribution in [0.2, 0.25) is 0 Å². The van der Waals surface area contributed by atoms with E-state index < -0.39 is 0 Å². The lowest BCUT2D eigenvalue weighted by molar-refractivity contribution is 0.128. The number of aryl methyl sites for hydroxylation is 1. The molecule has 0 saturated heterocycles. The fraction of sp³-hybridized carbons (Fsp3) is 0.556. The first-order chi connectivity index (χ1) is 10.3. The highest BCUT2D eigenvalue weighted by atomic mass is 16.5. The second-order valence-corrected chi connectivity index (χ2v) is 5.71. The fourth-order valence-corrected chi connectivity index (χ4v) is 3.60. The van der Waals surface area contributed by atoms with E-state index in [-0.39, 0.29) is 12.5 Å². The third-order valence-corrected chi connectivity index (χ3v) is 4.46. The molecule has 2 atom stereocenters. The molecule has 3 heteroatoms. The summed E-state index contributed by atoms with van der Waals surface area (Å²) < 4.78 is 5.54. The van der Waals surface area contributed by atoms with Gasteiger partial charge < -0.3 is 9.84 Å². The third-order valence-electron chi connectivity index (χ3n) is 4.46. The molecular weight excluding hydrogens is 262 g/mol. The molecule has 116 valence electrons. The van der Waals surface area contributed by atoms with E-state index in [0.717, 1.165) is 38.1 Å². The van der Waals surface area contributed by atoms with E-state index in [1.165, 1.54) is 11.1 Å². The van der Waals surface area contributed by atoms with Gasteiger partial charge in [0.25, 0.3) is 0 Å². The molecule has 3 nitrogen and oxygen atoms in total. The summed E-state index contributed by atoms with van der Waals surface area (Å²) in [6.45, 7) is 8.15. The van der Waals surface area contributed by atoms with Crippen LogP contribution in [0, 0.1) is 0 Å². The summed E-state index contributed by atoms with van der Waals surface area (Å²) in [6, 6.07) is 6.56. The summed E-state index contributed by atoms with van der Waals surface area (Å²) >= 11 is 0. The lowest BCUT2D eigenvalue weighted by Gasteiger charge is -2.40. The molecule has 0 aliphatic heterocycles. The first kappa shape index (κ1) is 16.1. The second kappa shape index (κ2) is 7.62. The van der Waals surface area contributed by atoms with Crippen LogP contribution in [-0.4, -0.2) is 42.9 Å². The quantitative estimate of drug-likeness (QED) is 0.783. The number of rotatable bonds is 7. The molecular formula is C18H27NO2. The van der Waals surface area contributed by atoms with Gasteiger partial charge in [-0.3, -0.25) is 4.90 Å². The lowest BCUT2D eigenvalue weighted by atomic mass is 9.78. The number of ether oxygens (including phenoxy) is 1. The summed E-state index contributed by atoms with van der Waals surface area (Å²) in [7, 11) is 1.71. The molecule has 0 fully saturated rings. The molecule has 0 radical (unpaired) electrons. The van der Waals surface area contributed by atoms with Crippen LogP contribution >= 0.6 is 0 Å². The molecule has 2 rings (SSSR count). The van der Waals surface area contributed by atoms with Gasteiger partial charge in [0, 0.05) is 24.1 Å². The van der Waals surface area contributed by atoms with Gasteiger partial charge in [-0.05, 0) is 37.4 Å². The molecule has 1 aliphatic carbocycles. The van der Waals surface area contributed by atoms with Gasteiger partial charge in [0.2, 0.25) is 0 Å². The van der Waals surface area contributed by atoms with Crippen molar-refractivity contribution in [3.8, 4) is 5.75 Å². The monoisotopic (exact) mass is 289 g/mol. The van der Waals surface area contributed by atoms with Crippen molar-refractivity contribution in [2.24, 2.45) is 0 Å². The fourth-order valence-electron chi connectivity index (χ4n) is 3.60. The molecule has 21 heavy (non-hydrogen) atoms. The Morgan fingerprint density at radius 2 is 2.29 bits per heavy atom. The van der Waals surface area contributed by atoms with Gasteiger partial charge in [0.1, 0.15) is 5.75 Å². The Balaban J connectivity index is 2.35. The maximum absolute atomic E-state index is 10.0. The standard InChI is InChI=1S/C18H27NO2/c1-4-11-19(12-5-2)16-10-9-14-7-6-8-17(21-3)18(14)15(16)13-20/h4,6-8,15-16,20H,1,5,9-13H2,2-3H3. The zero-order valence-corrected chi connectivity index (χ0v) is 13.2. The predicted octanol–water partition coefficient (Wildman–Crippen LogP) is 2.98. The van der Waals surface area contributed by atoms with Crippen LogP contribution < -0.4 is 4.74 Å². The van der Waals surface area contributed by atoms with E-state index in [2.05, 4.69) is 24.5 Å². The Bertz CT molecular complexity index is 458. The number of fused-ring (bicyclic) bond motifs is 1. The van der Waals surface area contributed by atoms with Crippen LogP contribution in [0.3, 0.4) is 0 Å². The Kier molecular flexibility index (Phi) is 5.83. The Hall–Kier alpha value is -1.32. The maximum atomic E-state index is 10.0. The highest BCUT2D eigenvalue weighted by Crippen LogP contribution is 2.39. The number of nitrogens with zero attached hydrogens (tertiary/aromatic N) is 1. The van der Waals surface area contributed by atoms with E-state index in [0.29, 0.717) is 6.04 Å². The SMILES string of the molecule is C=CCN(CCC)C1CCc2cccc(OC)c2C1CO. The van der Waals surface area contributed by atoms with Gasteiger partial charge >= 0.3 is 0 Å². The maximum Gasteiger partial charge on any atom is 0.122 e. The minimum Gasteiger partial charge on any atom is -0.496 e. The Morgan fingerprint density at radius 1 is 1.48 bits per heavy atom. The molecule has 0 heterocycles. The third kappa shape index (κ3) is 3.30. The zero-order valence-electron chi connectivity index (χ0n) is 13.2. The van der Waals surface area contributed by atoms with Crippen LogP contribution in [0.15, 0.2) is 30.9 Å². The topological polar surface area (TPSA) is 32.7 Å². The van der Waals surface area contributed by atoms with Crippen LogP contribution in [0.4, 0.5) is 0 Å². The molecule has 1 aliphatic rings. The molecule has 1 N–H and O–H groups in total. The first-order valence-electron chi connectivity index (χ1n) is 7.88. The van der Waals surface area contributed by atoms with E-state index >= 15 is 0 Å². The molecule has 0 aromatic heterocycles. The highest BCUT2D eigenvalue weighted by molar-refractivity contribution is 5.45. The molecule has 0 amide bonds. The molecule has 0 bridgehead atoms. The van der Waals surface area contributed by atoms with Crippen LogP contribution in [0.1, 0.15) is 36.8 Å². The van der Waals surface area contributed by atoms with Crippen molar-refractivity contribution < 1.29 is 9.84 Å². The lowest BCUT2D eigenvalue weighted by Crippen LogP contribution is -2.44. The normalized spacial score (nSPS) is 21.1. The number of benzene rings is 1. The molecule has 2 unspecified atom stereocenters. The largest absolute Gasteiger partial charge is 0.496 e.